The Morgan fingerprint density at radius 2 is 2.11 bits per heavy atom. The van der Waals surface area contributed by atoms with Gasteiger partial charge in [-0.25, -0.2) is 4.79 Å². The minimum absolute atomic E-state index is 0.162. The van der Waals surface area contributed by atoms with Crippen molar-refractivity contribution in [2.75, 3.05) is 5.32 Å². The minimum Gasteiger partial charge on any atom is -0.389 e. The van der Waals surface area contributed by atoms with Crippen LogP contribution in [0.15, 0.2) is 24.3 Å². The first kappa shape index (κ1) is 14.5. The lowest BCUT2D eigenvalue weighted by Gasteiger charge is -2.14. The lowest BCUT2D eigenvalue weighted by Crippen LogP contribution is -2.35. The van der Waals surface area contributed by atoms with E-state index in [1.165, 1.54) is 0 Å². The molecule has 4 nitrogen and oxygen atoms in total. The van der Waals surface area contributed by atoms with Crippen LogP contribution in [0.2, 0.25) is 0 Å². The Morgan fingerprint density at radius 3 is 2.72 bits per heavy atom. The SMILES string of the molecule is CCCC(C)NC(=O)Nc1cccc(C(C)O)c1. The van der Waals surface area contributed by atoms with Gasteiger partial charge in [0.1, 0.15) is 0 Å². The van der Waals surface area contributed by atoms with E-state index in [-0.39, 0.29) is 12.1 Å². The quantitative estimate of drug-likeness (QED) is 0.752. The first-order chi connectivity index (χ1) is 8.52. The van der Waals surface area contributed by atoms with Crippen LogP contribution < -0.4 is 10.6 Å². The Morgan fingerprint density at radius 1 is 1.39 bits per heavy atom. The zero-order valence-electron chi connectivity index (χ0n) is 11.2. The number of anilines is 1. The molecule has 0 aliphatic rings. The summed E-state index contributed by atoms with van der Waals surface area (Å²) >= 11 is 0. The largest absolute Gasteiger partial charge is 0.389 e. The van der Waals surface area contributed by atoms with Crippen LogP contribution in [0.4, 0.5) is 10.5 Å². The van der Waals surface area contributed by atoms with Crippen molar-refractivity contribution in [3.8, 4) is 0 Å². The van der Waals surface area contributed by atoms with Gasteiger partial charge >= 0.3 is 6.03 Å². The molecule has 4 heteroatoms. The molecule has 18 heavy (non-hydrogen) atoms. The molecule has 0 aliphatic carbocycles. The second-order valence-corrected chi connectivity index (χ2v) is 4.59. The number of aliphatic hydroxyl groups excluding tert-OH is 1. The van der Waals surface area contributed by atoms with Gasteiger partial charge in [-0.3, -0.25) is 0 Å². The van der Waals surface area contributed by atoms with Crippen LogP contribution in [0.3, 0.4) is 0 Å². The third-order valence-corrected chi connectivity index (χ3v) is 2.73. The molecule has 0 saturated carbocycles. The topological polar surface area (TPSA) is 61.4 Å². The summed E-state index contributed by atoms with van der Waals surface area (Å²) in [6.45, 7) is 5.76. The van der Waals surface area contributed by atoms with Gasteiger partial charge in [0.05, 0.1) is 6.10 Å². The van der Waals surface area contributed by atoms with Crippen LogP contribution in [0.25, 0.3) is 0 Å². The normalized spacial score (nSPS) is 13.8. The van der Waals surface area contributed by atoms with Crippen LogP contribution in [-0.2, 0) is 0 Å². The molecule has 1 rings (SSSR count). The fraction of sp³-hybridized carbons (Fsp3) is 0.500. The number of amides is 2. The molecular weight excluding hydrogens is 228 g/mol. The van der Waals surface area contributed by atoms with Crippen LogP contribution in [0, 0.1) is 0 Å². The predicted molar refractivity (Wildman–Crippen MR) is 73.6 cm³/mol. The first-order valence-corrected chi connectivity index (χ1v) is 6.38. The van der Waals surface area contributed by atoms with E-state index in [2.05, 4.69) is 17.6 Å². The second-order valence-electron chi connectivity index (χ2n) is 4.59. The number of urea groups is 1. The van der Waals surface area contributed by atoms with E-state index < -0.39 is 6.10 Å². The summed E-state index contributed by atoms with van der Waals surface area (Å²) in [7, 11) is 0. The number of benzene rings is 1. The third kappa shape index (κ3) is 4.75. The zero-order chi connectivity index (χ0) is 13.5. The van der Waals surface area contributed by atoms with Crippen molar-refractivity contribution in [2.45, 2.75) is 45.8 Å². The number of hydrogen-bond acceptors (Lipinski definition) is 2. The fourth-order valence-electron chi connectivity index (χ4n) is 1.77. The molecular formula is C14H22N2O2. The number of aliphatic hydroxyl groups is 1. The average molecular weight is 250 g/mol. The summed E-state index contributed by atoms with van der Waals surface area (Å²) in [5, 5.41) is 15.1. The Bertz CT molecular complexity index is 391. The maximum Gasteiger partial charge on any atom is 0.319 e. The molecule has 0 heterocycles. The minimum atomic E-state index is -0.533. The average Bonchev–Trinajstić information content (AvgIpc) is 2.29. The van der Waals surface area contributed by atoms with Crippen LogP contribution in [0.1, 0.15) is 45.3 Å². The highest BCUT2D eigenvalue weighted by atomic mass is 16.3. The molecule has 0 fully saturated rings. The molecule has 1 aromatic rings. The molecule has 0 saturated heterocycles. The standard InChI is InChI=1S/C14H22N2O2/c1-4-6-10(2)15-14(18)16-13-8-5-7-12(9-13)11(3)17/h5,7-11,17H,4,6H2,1-3H3,(H2,15,16,18). The molecule has 2 unspecified atom stereocenters. The van der Waals surface area contributed by atoms with Crippen LogP contribution >= 0.6 is 0 Å². The Labute approximate surface area is 108 Å². The molecule has 2 amide bonds. The number of rotatable bonds is 5. The van der Waals surface area contributed by atoms with Crippen molar-refractivity contribution >= 4 is 11.7 Å². The molecule has 3 N–H and O–H groups in total. The summed E-state index contributed by atoms with van der Waals surface area (Å²) in [5.41, 5.74) is 1.48. The van der Waals surface area contributed by atoms with Gasteiger partial charge in [0.2, 0.25) is 0 Å². The molecule has 2 atom stereocenters. The van der Waals surface area contributed by atoms with Gasteiger partial charge in [-0.2, -0.15) is 0 Å². The van der Waals surface area contributed by atoms with E-state index in [1.54, 1.807) is 19.1 Å². The highest BCUT2D eigenvalue weighted by Crippen LogP contribution is 2.16. The third-order valence-electron chi connectivity index (χ3n) is 2.73. The van der Waals surface area contributed by atoms with Gasteiger partial charge in [-0.1, -0.05) is 25.5 Å². The summed E-state index contributed by atoms with van der Waals surface area (Å²) in [6.07, 6.45) is 1.47. The molecule has 0 spiro atoms. The monoisotopic (exact) mass is 250 g/mol. The summed E-state index contributed by atoms with van der Waals surface area (Å²) in [4.78, 5) is 11.7. The number of carbonyl (C=O) groups excluding carboxylic acids is 1. The highest BCUT2D eigenvalue weighted by molar-refractivity contribution is 5.89. The lowest BCUT2D eigenvalue weighted by atomic mass is 10.1. The van der Waals surface area contributed by atoms with Crippen molar-refractivity contribution in [3.05, 3.63) is 29.8 Å². The van der Waals surface area contributed by atoms with E-state index in [0.29, 0.717) is 5.69 Å². The Kier molecular flexibility index (Phi) is 5.65. The highest BCUT2D eigenvalue weighted by Gasteiger charge is 2.07. The smallest absolute Gasteiger partial charge is 0.319 e. The van der Waals surface area contributed by atoms with Gasteiger partial charge in [0.15, 0.2) is 0 Å². The van der Waals surface area contributed by atoms with Gasteiger partial charge in [0, 0.05) is 11.7 Å². The molecule has 0 bridgehead atoms. The van der Waals surface area contributed by atoms with Crippen molar-refractivity contribution in [3.63, 3.8) is 0 Å². The first-order valence-electron chi connectivity index (χ1n) is 6.38. The molecule has 100 valence electrons. The van der Waals surface area contributed by atoms with Crippen molar-refractivity contribution in [2.24, 2.45) is 0 Å². The van der Waals surface area contributed by atoms with Crippen LogP contribution in [0.5, 0.6) is 0 Å². The van der Waals surface area contributed by atoms with Crippen molar-refractivity contribution < 1.29 is 9.90 Å². The Hall–Kier alpha value is -1.55. The van der Waals surface area contributed by atoms with E-state index in [0.717, 1.165) is 18.4 Å². The number of carbonyl (C=O) groups is 1. The van der Waals surface area contributed by atoms with Crippen LogP contribution in [-0.4, -0.2) is 17.2 Å². The van der Waals surface area contributed by atoms with Gasteiger partial charge < -0.3 is 15.7 Å². The lowest BCUT2D eigenvalue weighted by molar-refractivity contribution is 0.199. The zero-order valence-corrected chi connectivity index (χ0v) is 11.2. The van der Waals surface area contributed by atoms with Gasteiger partial charge in [0.25, 0.3) is 0 Å². The predicted octanol–water partition coefficient (Wildman–Crippen LogP) is 3.05. The van der Waals surface area contributed by atoms with Gasteiger partial charge in [-0.15, -0.1) is 0 Å². The number of nitrogens with one attached hydrogen (secondary N) is 2. The summed E-state index contributed by atoms with van der Waals surface area (Å²) in [5.74, 6) is 0. The Balaban J connectivity index is 2.56. The molecule has 1 aromatic carbocycles. The maximum absolute atomic E-state index is 11.7. The van der Waals surface area contributed by atoms with E-state index in [9.17, 15) is 9.90 Å². The fourth-order valence-corrected chi connectivity index (χ4v) is 1.77. The van der Waals surface area contributed by atoms with E-state index in [1.807, 2.05) is 19.1 Å². The molecule has 0 aliphatic heterocycles. The van der Waals surface area contributed by atoms with Crippen molar-refractivity contribution in [1.29, 1.82) is 0 Å². The molecule has 0 radical (unpaired) electrons. The number of hydrogen-bond donors (Lipinski definition) is 3. The van der Waals surface area contributed by atoms with E-state index >= 15 is 0 Å². The maximum atomic E-state index is 11.7. The summed E-state index contributed by atoms with van der Waals surface area (Å²) < 4.78 is 0. The summed E-state index contributed by atoms with van der Waals surface area (Å²) in [6, 6.07) is 7.17. The van der Waals surface area contributed by atoms with E-state index in [4.69, 9.17) is 0 Å². The van der Waals surface area contributed by atoms with Crippen molar-refractivity contribution in [1.82, 2.24) is 5.32 Å². The van der Waals surface area contributed by atoms with Gasteiger partial charge in [-0.05, 0) is 38.0 Å². The second kappa shape index (κ2) is 7.01. The molecule has 0 aromatic heterocycles.